The van der Waals surface area contributed by atoms with Crippen molar-refractivity contribution in [1.82, 2.24) is 35.7 Å². The van der Waals surface area contributed by atoms with Gasteiger partial charge >= 0.3 is 7.82 Å². The zero-order valence-electron chi connectivity index (χ0n) is 38.2. The van der Waals surface area contributed by atoms with Gasteiger partial charge in [0.15, 0.2) is 0 Å². The number of hydrogen-bond donors (Lipinski definition) is 8. The van der Waals surface area contributed by atoms with Crippen molar-refractivity contribution in [1.29, 1.82) is 0 Å². The quantitative estimate of drug-likeness (QED) is 0.0176. The number of carbonyl (C=O) groups excluding carboxylic acids is 6. The third-order valence-electron chi connectivity index (χ3n) is 10.7. The fourth-order valence-corrected chi connectivity index (χ4v) is 7.83. The van der Waals surface area contributed by atoms with Crippen LogP contribution in [0.1, 0.15) is 83.9 Å². The van der Waals surface area contributed by atoms with Crippen molar-refractivity contribution in [2.24, 2.45) is 16.8 Å². The zero-order chi connectivity index (χ0) is 49.8. The number of benzene rings is 1. The average molecular weight is 967 g/mol. The minimum atomic E-state index is -5.14. The number of nitrogens with zero attached hydrogens (tertiary/aromatic N) is 5. The minimum absolute atomic E-state index is 0.0868. The number of carbonyl (C=O) groups is 6. The number of phosphoric ester groups is 1. The van der Waals surface area contributed by atoms with Crippen molar-refractivity contribution < 1.29 is 67.2 Å². The highest BCUT2D eigenvalue weighted by molar-refractivity contribution is 7.46. The lowest BCUT2D eigenvalue weighted by Crippen LogP contribution is -2.61. The van der Waals surface area contributed by atoms with Crippen LogP contribution in [0.25, 0.3) is 0 Å². The summed E-state index contributed by atoms with van der Waals surface area (Å²) in [5.41, 5.74) is 6.46. The number of oxime groups is 1. The number of nitro benzene ring substituents is 1. The number of hydrogen-bond acceptors (Lipinski definition) is 15. The summed E-state index contributed by atoms with van der Waals surface area (Å²) in [6, 6.07) is -2.64. The predicted molar refractivity (Wildman–Crippen MR) is 239 cm³/mol. The molecule has 6 atom stereocenters. The van der Waals surface area contributed by atoms with Gasteiger partial charge in [0, 0.05) is 62.6 Å². The summed E-state index contributed by atoms with van der Waals surface area (Å²) in [7, 11) is -3.72. The van der Waals surface area contributed by atoms with E-state index < -0.39 is 85.2 Å². The number of primary amides is 1. The molecule has 0 bridgehead atoms. The van der Waals surface area contributed by atoms with Gasteiger partial charge in [-0.25, -0.2) is 9.55 Å². The van der Waals surface area contributed by atoms with E-state index >= 15 is 0 Å². The molecule has 0 spiro atoms. The second-order valence-electron chi connectivity index (χ2n) is 16.3. The Bertz CT molecular complexity index is 2100. The molecule has 67 heavy (non-hydrogen) atoms. The molecule has 1 fully saturated rings. The Morgan fingerprint density at radius 2 is 1.69 bits per heavy atom. The van der Waals surface area contributed by atoms with Crippen LogP contribution in [0.15, 0.2) is 35.9 Å². The number of nitro groups is 1. The van der Waals surface area contributed by atoms with Gasteiger partial charge < -0.3 is 60.9 Å². The Labute approximate surface area is 387 Å². The summed E-state index contributed by atoms with van der Waals surface area (Å²) >= 11 is 0. The molecular formula is C41H63N10O15P. The molecule has 0 unspecified atom stereocenters. The number of aromatic nitrogens is 2. The molecule has 1 aromatic heterocycles. The molecule has 1 aliphatic heterocycles. The Morgan fingerprint density at radius 1 is 1.01 bits per heavy atom. The van der Waals surface area contributed by atoms with Crippen molar-refractivity contribution in [2.45, 2.75) is 128 Å². The highest BCUT2D eigenvalue weighted by Crippen LogP contribution is 2.38. The van der Waals surface area contributed by atoms with Gasteiger partial charge in [0.2, 0.25) is 35.4 Å². The first kappa shape index (κ1) is 55.3. The van der Waals surface area contributed by atoms with Gasteiger partial charge in [-0.3, -0.25) is 43.4 Å². The molecule has 1 aliphatic rings. The minimum Gasteiger partial charge on any atom is -0.496 e. The van der Waals surface area contributed by atoms with E-state index in [0.29, 0.717) is 68.8 Å². The van der Waals surface area contributed by atoms with E-state index in [1.165, 1.54) is 43.5 Å². The Balaban J connectivity index is 1.71. The topological polar surface area (TPSA) is 359 Å². The van der Waals surface area contributed by atoms with E-state index in [9.17, 15) is 58.3 Å². The summed E-state index contributed by atoms with van der Waals surface area (Å²) in [4.78, 5) is 119. The standard InChI is InChI=1S/C41H63N10O15P/c1-25(2)19-31(46-41(58)34-11-10-17-50(34)27(4)53)38(55)45-32(39(56)47-33(23-52)40(57)48-36(37(42)54)26(3)66-67(61,62)63)20-30-22-43-24-49(30)16-8-6-7-9-18-65-44-15-14-28-12-13-29(51(59)60)21-35(28)64-5/h12-13,15,21-22,24-26,31-34,36,52H,6-11,14,16-20,23H2,1-5H3,(H2,42,54)(H,45,55)(H,46,58)(H,47,56)(H,48,57)(H2,61,62,63)/b44-15+/t26-,31+,32+,33+,34+,36+/m1/s1. The third kappa shape index (κ3) is 18.3. The highest BCUT2D eigenvalue weighted by atomic mass is 31.2. The molecule has 1 aromatic carbocycles. The number of imidazole rings is 1. The lowest BCUT2D eigenvalue weighted by atomic mass is 10.0. The average Bonchev–Trinajstić information content (AvgIpc) is 3.94. The molecule has 1 saturated heterocycles. The van der Waals surface area contributed by atoms with Crippen LogP contribution < -0.4 is 31.7 Å². The summed E-state index contributed by atoms with van der Waals surface area (Å²) in [6.07, 6.45) is 7.13. The van der Waals surface area contributed by atoms with E-state index in [1.807, 2.05) is 13.8 Å². The van der Waals surface area contributed by atoms with Crippen LogP contribution in [0.2, 0.25) is 0 Å². The summed E-state index contributed by atoms with van der Waals surface area (Å²) in [6.45, 7) is 6.22. The molecule has 3 rings (SSSR count). The van der Waals surface area contributed by atoms with E-state index in [4.69, 9.17) is 15.3 Å². The third-order valence-corrected chi connectivity index (χ3v) is 11.3. The SMILES string of the molecule is COc1cc([N+](=O)[O-])ccc1C/C=N/OCCCCCCn1cncc1C[C@H](NC(=O)[C@H](CC(C)C)NC(=O)[C@@H]1CCCN1C(C)=O)C(=O)N[C@@H](CO)C(=O)N[C@H](C(N)=O)[C@@H](C)OP(=O)(O)O. The van der Waals surface area contributed by atoms with Gasteiger partial charge in [0.25, 0.3) is 5.69 Å². The molecule has 0 radical (unpaired) electrons. The molecule has 26 heteroatoms. The number of phosphoric acid groups is 1. The number of nitrogens with one attached hydrogen (secondary N) is 4. The number of aliphatic hydroxyl groups excluding tert-OH is 1. The highest BCUT2D eigenvalue weighted by Gasteiger charge is 2.37. The fraction of sp³-hybridized carbons (Fsp3) is 0.610. The van der Waals surface area contributed by atoms with Gasteiger partial charge in [0.05, 0.1) is 37.1 Å². The molecule has 0 saturated carbocycles. The Hall–Kier alpha value is -6.01. The number of non-ortho nitro benzene ring substituents is 1. The van der Waals surface area contributed by atoms with Gasteiger partial charge in [0.1, 0.15) is 42.6 Å². The molecule has 9 N–H and O–H groups in total. The van der Waals surface area contributed by atoms with Crippen molar-refractivity contribution in [2.75, 3.05) is 26.9 Å². The van der Waals surface area contributed by atoms with Crippen LogP contribution in [0.4, 0.5) is 5.69 Å². The number of methoxy groups -OCH3 is 1. The maximum absolute atomic E-state index is 14.0. The van der Waals surface area contributed by atoms with Crippen LogP contribution in [0.5, 0.6) is 5.75 Å². The summed E-state index contributed by atoms with van der Waals surface area (Å²) in [5, 5.41) is 35.1. The Morgan fingerprint density at radius 3 is 2.31 bits per heavy atom. The molecule has 2 heterocycles. The van der Waals surface area contributed by atoms with E-state index in [2.05, 4.69) is 35.9 Å². The van der Waals surface area contributed by atoms with Crippen LogP contribution in [-0.2, 0) is 62.1 Å². The van der Waals surface area contributed by atoms with Gasteiger partial charge in [-0.2, -0.15) is 0 Å². The molecule has 25 nitrogen and oxygen atoms in total. The van der Waals surface area contributed by atoms with Crippen LogP contribution in [0.3, 0.4) is 0 Å². The first-order chi connectivity index (χ1) is 31.6. The zero-order valence-corrected chi connectivity index (χ0v) is 39.1. The molecule has 0 aliphatic carbocycles. The molecule has 6 amide bonds. The lowest BCUT2D eigenvalue weighted by Gasteiger charge is -2.28. The fourth-order valence-electron chi connectivity index (χ4n) is 7.27. The number of nitrogens with two attached hydrogens (primary N) is 1. The second kappa shape index (κ2) is 27.0. The summed E-state index contributed by atoms with van der Waals surface area (Å²) < 4.78 is 22.9. The molecule has 372 valence electrons. The number of amides is 6. The first-order valence-electron chi connectivity index (χ1n) is 21.7. The summed E-state index contributed by atoms with van der Waals surface area (Å²) in [5.74, 6) is -4.71. The number of rotatable bonds is 29. The van der Waals surface area contributed by atoms with Gasteiger partial charge in [-0.15, -0.1) is 0 Å². The van der Waals surface area contributed by atoms with E-state index in [-0.39, 0.29) is 30.4 Å². The second-order valence-corrected chi connectivity index (χ2v) is 17.5. The largest absolute Gasteiger partial charge is 0.496 e. The normalized spacial score (nSPS) is 16.1. The first-order valence-corrected chi connectivity index (χ1v) is 23.3. The van der Waals surface area contributed by atoms with Crippen molar-refractivity contribution in [3.05, 3.63) is 52.1 Å². The Kier molecular flexibility index (Phi) is 22.3. The van der Waals surface area contributed by atoms with Crippen molar-refractivity contribution in [3.63, 3.8) is 0 Å². The number of aliphatic hydroxyl groups is 1. The van der Waals surface area contributed by atoms with Gasteiger partial charge in [-0.05, 0) is 57.4 Å². The maximum atomic E-state index is 14.0. The smallest absolute Gasteiger partial charge is 0.469 e. The molecular weight excluding hydrogens is 903 g/mol. The van der Waals surface area contributed by atoms with E-state index in [1.54, 1.807) is 17.0 Å². The van der Waals surface area contributed by atoms with Crippen LogP contribution >= 0.6 is 7.82 Å². The van der Waals surface area contributed by atoms with Crippen LogP contribution in [-0.4, -0.2) is 139 Å². The number of ether oxygens (including phenoxy) is 1. The van der Waals surface area contributed by atoms with Crippen molar-refractivity contribution in [3.8, 4) is 5.75 Å². The predicted octanol–water partition coefficient (Wildman–Crippen LogP) is 0.120. The van der Waals surface area contributed by atoms with Gasteiger partial charge in [-0.1, -0.05) is 25.4 Å². The van der Waals surface area contributed by atoms with E-state index in [0.717, 1.165) is 19.8 Å². The maximum Gasteiger partial charge on any atom is 0.469 e. The molecule has 2 aromatic rings. The van der Waals surface area contributed by atoms with Crippen LogP contribution in [0, 0.1) is 16.0 Å². The number of aryl methyl sites for hydroxylation is 1. The monoisotopic (exact) mass is 966 g/mol. The number of likely N-dealkylation sites (tertiary alicyclic amines) is 1. The number of unbranched alkanes of at least 4 members (excludes halogenated alkanes) is 3. The van der Waals surface area contributed by atoms with Crippen molar-refractivity contribution >= 4 is 55.2 Å². The lowest BCUT2D eigenvalue weighted by molar-refractivity contribution is -0.384.